The lowest BCUT2D eigenvalue weighted by atomic mass is 9.94. The van der Waals surface area contributed by atoms with Crippen LogP contribution in [-0.2, 0) is 57.1 Å². The summed E-state index contributed by atoms with van der Waals surface area (Å²) >= 11 is 0. The van der Waals surface area contributed by atoms with Crippen molar-refractivity contribution < 1.29 is 67.3 Å². The lowest BCUT2D eigenvalue weighted by Crippen LogP contribution is -2.29. The van der Waals surface area contributed by atoms with Crippen LogP contribution in [0.5, 0.6) is 0 Å². The molecule has 0 saturated carbocycles. The molecule has 0 aliphatic heterocycles. The third-order valence-corrected chi connectivity index (χ3v) is 9.02. The molecule has 0 rings (SSSR count). The number of carboxylic acid groups (broad SMARTS) is 2. The number of carbonyl (C=O) groups excluding carboxylic acids is 2. The molecule has 0 unspecified atom stereocenters. The predicted molar refractivity (Wildman–Crippen MR) is 217 cm³/mol. The SMILES string of the molecule is CCOCCOCCOCCOCCOCCOCCOCCOCCNC(=O)CC[C@H](CC(=O)CCCCCCCCCCCCCCCCC(=O)O)C(=O)O. The molecule has 3 N–H and O–H groups in total. The minimum atomic E-state index is -1.04. The number of nitrogens with one attached hydrogen (secondary N) is 1. The summed E-state index contributed by atoms with van der Waals surface area (Å²) in [6.07, 6.45) is 16.3. The van der Waals surface area contributed by atoms with Crippen molar-refractivity contribution in [2.45, 2.75) is 129 Å². The summed E-state index contributed by atoms with van der Waals surface area (Å²) in [6.45, 7) is 10.0. The number of hydrogen-bond donors (Lipinski definition) is 3. The average molecular weight is 822 g/mol. The fourth-order valence-corrected chi connectivity index (χ4v) is 5.75. The molecule has 0 saturated heterocycles. The van der Waals surface area contributed by atoms with Crippen LogP contribution >= 0.6 is 0 Å². The zero-order valence-corrected chi connectivity index (χ0v) is 35.3. The van der Waals surface area contributed by atoms with Crippen LogP contribution in [0.4, 0.5) is 0 Å². The van der Waals surface area contributed by atoms with E-state index in [-0.39, 0.29) is 37.4 Å². The summed E-state index contributed by atoms with van der Waals surface area (Å²) in [4.78, 5) is 46.8. The van der Waals surface area contributed by atoms with Crippen molar-refractivity contribution in [1.82, 2.24) is 5.32 Å². The van der Waals surface area contributed by atoms with Crippen LogP contribution in [0.2, 0.25) is 0 Å². The van der Waals surface area contributed by atoms with E-state index in [1.807, 2.05) is 6.92 Å². The maximum atomic E-state index is 12.4. The van der Waals surface area contributed by atoms with Crippen molar-refractivity contribution in [2.24, 2.45) is 5.92 Å². The van der Waals surface area contributed by atoms with Gasteiger partial charge >= 0.3 is 11.9 Å². The van der Waals surface area contributed by atoms with Gasteiger partial charge in [-0.1, -0.05) is 77.0 Å². The predicted octanol–water partition coefficient (Wildman–Crippen LogP) is 6.02. The molecule has 0 radical (unpaired) electrons. The Balaban J connectivity index is 3.50. The first-order valence-corrected chi connectivity index (χ1v) is 21.7. The van der Waals surface area contributed by atoms with Gasteiger partial charge in [-0.25, -0.2) is 0 Å². The van der Waals surface area contributed by atoms with Gasteiger partial charge in [0.15, 0.2) is 0 Å². The fourth-order valence-electron chi connectivity index (χ4n) is 5.75. The number of carboxylic acids is 2. The Morgan fingerprint density at radius 3 is 1.12 bits per heavy atom. The summed E-state index contributed by atoms with van der Waals surface area (Å²) in [5.41, 5.74) is 0. The normalized spacial score (nSPS) is 11.9. The van der Waals surface area contributed by atoms with Crippen LogP contribution in [-0.4, -0.2) is 146 Å². The molecule has 336 valence electrons. The van der Waals surface area contributed by atoms with Crippen LogP contribution in [0.1, 0.15) is 129 Å². The number of ether oxygens (including phenoxy) is 8. The highest BCUT2D eigenvalue weighted by molar-refractivity contribution is 5.84. The van der Waals surface area contributed by atoms with Crippen LogP contribution in [0.3, 0.4) is 0 Å². The molecule has 0 aliphatic carbocycles. The highest BCUT2D eigenvalue weighted by Gasteiger charge is 2.22. The first-order valence-electron chi connectivity index (χ1n) is 21.7. The van der Waals surface area contributed by atoms with Crippen molar-refractivity contribution in [2.75, 3.05) is 112 Å². The van der Waals surface area contributed by atoms with E-state index in [0.29, 0.717) is 119 Å². The molecule has 0 fully saturated rings. The van der Waals surface area contributed by atoms with Crippen LogP contribution in [0.25, 0.3) is 0 Å². The fraction of sp³-hybridized carbons (Fsp3) is 0.905. The molecular formula is C42H79NO14. The van der Waals surface area contributed by atoms with Crippen molar-refractivity contribution >= 4 is 23.6 Å². The van der Waals surface area contributed by atoms with Crippen molar-refractivity contribution in [3.8, 4) is 0 Å². The molecular weight excluding hydrogens is 742 g/mol. The lowest BCUT2D eigenvalue weighted by molar-refractivity contribution is -0.144. The topological polar surface area (TPSA) is 195 Å². The van der Waals surface area contributed by atoms with Gasteiger partial charge in [0.1, 0.15) is 5.78 Å². The van der Waals surface area contributed by atoms with Crippen LogP contribution in [0.15, 0.2) is 0 Å². The number of unbranched alkanes of at least 4 members (excludes halogenated alkanes) is 13. The van der Waals surface area contributed by atoms with Crippen molar-refractivity contribution in [3.05, 3.63) is 0 Å². The van der Waals surface area contributed by atoms with E-state index in [1.54, 1.807) is 0 Å². The Kier molecular flexibility index (Phi) is 43.1. The second kappa shape index (κ2) is 44.9. The number of amides is 1. The Hall–Kier alpha value is -2.24. The zero-order valence-electron chi connectivity index (χ0n) is 35.3. The van der Waals surface area contributed by atoms with E-state index < -0.39 is 17.9 Å². The van der Waals surface area contributed by atoms with Gasteiger partial charge in [0.05, 0.1) is 105 Å². The number of hydrogen-bond acceptors (Lipinski definition) is 12. The van der Waals surface area contributed by atoms with E-state index in [4.69, 9.17) is 43.0 Å². The van der Waals surface area contributed by atoms with Gasteiger partial charge in [0.2, 0.25) is 5.91 Å². The van der Waals surface area contributed by atoms with Gasteiger partial charge in [-0.15, -0.1) is 0 Å². The van der Waals surface area contributed by atoms with E-state index in [2.05, 4.69) is 5.32 Å². The van der Waals surface area contributed by atoms with Crippen LogP contribution < -0.4 is 5.32 Å². The number of ketones is 1. The summed E-state index contributed by atoms with van der Waals surface area (Å²) in [5, 5.41) is 21.0. The minimum absolute atomic E-state index is 0.0344. The highest BCUT2D eigenvalue weighted by Crippen LogP contribution is 2.17. The van der Waals surface area contributed by atoms with E-state index in [1.165, 1.54) is 44.9 Å². The smallest absolute Gasteiger partial charge is 0.306 e. The molecule has 1 atom stereocenters. The molecule has 15 heteroatoms. The van der Waals surface area contributed by atoms with E-state index in [0.717, 1.165) is 44.9 Å². The van der Waals surface area contributed by atoms with Gasteiger partial charge in [-0.05, 0) is 26.2 Å². The zero-order chi connectivity index (χ0) is 41.7. The van der Waals surface area contributed by atoms with Crippen molar-refractivity contribution in [3.63, 3.8) is 0 Å². The van der Waals surface area contributed by atoms with Gasteiger partial charge < -0.3 is 53.4 Å². The number of aliphatic carboxylic acids is 2. The largest absolute Gasteiger partial charge is 0.481 e. The Morgan fingerprint density at radius 2 is 0.772 bits per heavy atom. The van der Waals surface area contributed by atoms with E-state index in [9.17, 15) is 24.3 Å². The summed E-state index contributed by atoms with van der Waals surface area (Å²) in [5.74, 6) is -2.91. The second-order valence-corrected chi connectivity index (χ2v) is 14.0. The molecule has 57 heavy (non-hydrogen) atoms. The average Bonchev–Trinajstić information content (AvgIpc) is 3.19. The molecule has 0 aliphatic rings. The van der Waals surface area contributed by atoms with Gasteiger partial charge in [-0.3, -0.25) is 19.2 Å². The third kappa shape index (κ3) is 44.7. The molecule has 0 aromatic heterocycles. The Bertz CT molecular complexity index is 925. The second-order valence-electron chi connectivity index (χ2n) is 14.0. The van der Waals surface area contributed by atoms with Gasteiger partial charge in [0, 0.05) is 38.8 Å². The van der Waals surface area contributed by atoms with Gasteiger partial charge in [0.25, 0.3) is 0 Å². The summed E-state index contributed by atoms with van der Waals surface area (Å²) in [6, 6.07) is 0. The maximum absolute atomic E-state index is 12.4. The monoisotopic (exact) mass is 822 g/mol. The summed E-state index contributed by atoms with van der Waals surface area (Å²) < 4.78 is 43.3. The third-order valence-electron chi connectivity index (χ3n) is 9.02. The molecule has 0 spiro atoms. The van der Waals surface area contributed by atoms with Crippen molar-refractivity contribution in [1.29, 1.82) is 0 Å². The standard InChI is InChI=1S/C42H79NO14/c1-2-50-23-24-52-27-28-54-31-32-56-35-36-57-34-33-55-30-29-53-26-25-51-22-21-43-40(45)20-19-38(42(48)49)37-39(44)17-15-13-11-9-7-5-3-4-6-8-10-12-14-16-18-41(46)47/h38H,2-37H2,1H3,(H,43,45)(H,46,47)(H,48,49)/t38-/m1/s1. The molecule has 0 aromatic rings. The number of rotatable bonds is 48. The molecule has 1 amide bonds. The molecule has 0 aromatic carbocycles. The number of Topliss-reactive ketones (excluding diaryl/α,β-unsaturated/α-hetero) is 1. The lowest BCUT2D eigenvalue weighted by Gasteiger charge is -2.12. The minimum Gasteiger partial charge on any atom is -0.481 e. The van der Waals surface area contributed by atoms with E-state index >= 15 is 0 Å². The molecule has 0 bridgehead atoms. The molecule has 15 nitrogen and oxygen atoms in total. The quantitative estimate of drug-likeness (QED) is 0.0603. The first kappa shape index (κ1) is 54.8. The number of carbonyl (C=O) groups is 4. The van der Waals surface area contributed by atoms with Gasteiger partial charge in [-0.2, -0.15) is 0 Å². The van der Waals surface area contributed by atoms with Crippen LogP contribution in [0, 0.1) is 5.92 Å². The first-order chi connectivity index (χ1) is 27.9. The Labute approximate surface area is 342 Å². The highest BCUT2D eigenvalue weighted by atomic mass is 16.6. The summed E-state index contributed by atoms with van der Waals surface area (Å²) in [7, 11) is 0. The molecule has 0 heterocycles. The maximum Gasteiger partial charge on any atom is 0.306 e. The Morgan fingerprint density at radius 1 is 0.439 bits per heavy atom.